The molecule has 1 unspecified atom stereocenters. The zero-order chi connectivity index (χ0) is 11.8. The Kier molecular flexibility index (Phi) is 6.70. The lowest BCUT2D eigenvalue weighted by molar-refractivity contribution is -0.150. The fourth-order valence-corrected chi connectivity index (χ4v) is 1.45. The molecular weight excluding hydrogens is 196 g/mol. The SMILES string of the molecule is CCOC(=O)C(CC)N(CC)CC(N)=O. The quantitative estimate of drug-likeness (QED) is 0.614. The van der Waals surface area contributed by atoms with Crippen LogP contribution in [0.25, 0.3) is 0 Å². The third-order valence-corrected chi connectivity index (χ3v) is 2.15. The first-order chi connectivity index (χ1) is 7.06. The van der Waals surface area contributed by atoms with Gasteiger partial charge in [0.15, 0.2) is 0 Å². The first-order valence-electron chi connectivity index (χ1n) is 5.25. The van der Waals surface area contributed by atoms with Gasteiger partial charge in [0.25, 0.3) is 0 Å². The number of amides is 1. The van der Waals surface area contributed by atoms with Crippen molar-refractivity contribution >= 4 is 11.9 Å². The number of carbonyl (C=O) groups excluding carboxylic acids is 2. The molecule has 88 valence electrons. The molecule has 0 aliphatic carbocycles. The lowest BCUT2D eigenvalue weighted by atomic mass is 10.2. The van der Waals surface area contributed by atoms with Crippen molar-refractivity contribution in [2.24, 2.45) is 5.73 Å². The Morgan fingerprint density at radius 2 is 1.93 bits per heavy atom. The van der Waals surface area contributed by atoms with Crippen LogP contribution in [0.1, 0.15) is 27.2 Å². The van der Waals surface area contributed by atoms with Crippen molar-refractivity contribution in [3.05, 3.63) is 0 Å². The molecule has 5 nitrogen and oxygen atoms in total. The lowest BCUT2D eigenvalue weighted by Gasteiger charge is -2.26. The molecule has 15 heavy (non-hydrogen) atoms. The van der Waals surface area contributed by atoms with Crippen molar-refractivity contribution in [2.75, 3.05) is 19.7 Å². The second-order valence-corrected chi connectivity index (χ2v) is 3.21. The van der Waals surface area contributed by atoms with Crippen LogP contribution in [0, 0.1) is 0 Å². The van der Waals surface area contributed by atoms with E-state index in [0.29, 0.717) is 19.6 Å². The van der Waals surface area contributed by atoms with E-state index in [2.05, 4.69) is 0 Å². The van der Waals surface area contributed by atoms with E-state index in [1.54, 1.807) is 11.8 Å². The van der Waals surface area contributed by atoms with E-state index in [1.807, 2.05) is 13.8 Å². The largest absolute Gasteiger partial charge is 0.465 e. The molecule has 0 heterocycles. The molecule has 0 aliphatic rings. The van der Waals surface area contributed by atoms with Crippen LogP contribution in [-0.2, 0) is 14.3 Å². The second-order valence-electron chi connectivity index (χ2n) is 3.21. The van der Waals surface area contributed by atoms with Crippen LogP contribution in [0.2, 0.25) is 0 Å². The van der Waals surface area contributed by atoms with Crippen LogP contribution in [0.15, 0.2) is 0 Å². The fourth-order valence-electron chi connectivity index (χ4n) is 1.45. The van der Waals surface area contributed by atoms with E-state index >= 15 is 0 Å². The predicted octanol–water partition coefficient (Wildman–Crippen LogP) is 0.135. The van der Waals surface area contributed by atoms with E-state index in [1.165, 1.54) is 0 Å². The minimum atomic E-state index is -0.431. The number of carbonyl (C=O) groups is 2. The number of hydrogen-bond acceptors (Lipinski definition) is 4. The predicted molar refractivity (Wildman–Crippen MR) is 57.2 cm³/mol. The number of likely N-dealkylation sites (N-methyl/N-ethyl adjacent to an activating group) is 1. The van der Waals surface area contributed by atoms with Crippen molar-refractivity contribution in [3.8, 4) is 0 Å². The molecule has 0 fully saturated rings. The Bertz CT molecular complexity index is 219. The third kappa shape index (κ3) is 4.78. The molecule has 0 aromatic heterocycles. The molecule has 1 atom stereocenters. The number of nitrogens with zero attached hydrogens (tertiary/aromatic N) is 1. The lowest BCUT2D eigenvalue weighted by Crippen LogP contribution is -2.45. The van der Waals surface area contributed by atoms with Gasteiger partial charge in [0, 0.05) is 0 Å². The summed E-state index contributed by atoms with van der Waals surface area (Å²) in [6.07, 6.45) is 0.611. The third-order valence-electron chi connectivity index (χ3n) is 2.15. The monoisotopic (exact) mass is 216 g/mol. The summed E-state index contributed by atoms with van der Waals surface area (Å²) in [4.78, 5) is 24.1. The van der Waals surface area contributed by atoms with E-state index in [-0.39, 0.29) is 18.6 Å². The molecule has 0 saturated carbocycles. The molecule has 0 radical (unpaired) electrons. The van der Waals surface area contributed by atoms with Crippen molar-refractivity contribution in [1.29, 1.82) is 0 Å². The maximum absolute atomic E-state index is 11.5. The Balaban J connectivity index is 4.45. The summed E-state index contributed by atoms with van der Waals surface area (Å²) in [5, 5.41) is 0. The minimum Gasteiger partial charge on any atom is -0.465 e. The first kappa shape index (κ1) is 13.9. The van der Waals surface area contributed by atoms with E-state index in [0.717, 1.165) is 0 Å². The molecule has 2 N–H and O–H groups in total. The highest BCUT2D eigenvalue weighted by Crippen LogP contribution is 2.06. The number of nitrogens with two attached hydrogens (primary N) is 1. The number of primary amides is 1. The van der Waals surface area contributed by atoms with Crippen molar-refractivity contribution in [3.63, 3.8) is 0 Å². The Morgan fingerprint density at radius 3 is 2.27 bits per heavy atom. The summed E-state index contributed by atoms with van der Waals surface area (Å²) in [6, 6.07) is -0.373. The summed E-state index contributed by atoms with van der Waals surface area (Å²) in [5.41, 5.74) is 5.10. The minimum absolute atomic E-state index is 0.0911. The molecule has 0 saturated heterocycles. The van der Waals surface area contributed by atoms with Gasteiger partial charge in [0.1, 0.15) is 6.04 Å². The van der Waals surface area contributed by atoms with Crippen molar-refractivity contribution < 1.29 is 14.3 Å². The first-order valence-corrected chi connectivity index (χ1v) is 5.25. The van der Waals surface area contributed by atoms with Gasteiger partial charge >= 0.3 is 5.97 Å². The fraction of sp³-hybridized carbons (Fsp3) is 0.800. The average molecular weight is 216 g/mol. The maximum atomic E-state index is 11.5. The molecule has 0 spiro atoms. The number of hydrogen-bond donors (Lipinski definition) is 1. The molecule has 5 heteroatoms. The van der Waals surface area contributed by atoms with E-state index in [9.17, 15) is 9.59 Å². The van der Waals surface area contributed by atoms with Gasteiger partial charge < -0.3 is 10.5 Å². The maximum Gasteiger partial charge on any atom is 0.323 e. The van der Waals surface area contributed by atoms with Gasteiger partial charge in [-0.3, -0.25) is 14.5 Å². The molecule has 0 aliphatic heterocycles. The van der Waals surface area contributed by atoms with Gasteiger partial charge in [-0.1, -0.05) is 13.8 Å². The zero-order valence-electron chi connectivity index (χ0n) is 9.66. The summed E-state index contributed by atoms with van der Waals surface area (Å²) in [5.74, 6) is -0.720. The van der Waals surface area contributed by atoms with E-state index in [4.69, 9.17) is 10.5 Å². The van der Waals surface area contributed by atoms with Gasteiger partial charge in [0.05, 0.1) is 13.2 Å². The highest BCUT2D eigenvalue weighted by molar-refractivity contribution is 5.79. The summed E-state index contributed by atoms with van der Waals surface area (Å²) >= 11 is 0. The topological polar surface area (TPSA) is 72.6 Å². The molecule has 0 bridgehead atoms. The summed E-state index contributed by atoms with van der Waals surface area (Å²) in [7, 11) is 0. The van der Waals surface area contributed by atoms with Crippen LogP contribution in [0.3, 0.4) is 0 Å². The van der Waals surface area contributed by atoms with Crippen LogP contribution in [0.5, 0.6) is 0 Å². The van der Waals surface area contributed by atoms with Gasteiger partial charge in [-0.05, 0) is 19.9 Å². The van der Waals surface area contributed by atoms with Crippen LogP contribution >= 0.6 is 0 Å². The standard InChI is InChI=1S/C10H20N2O3/c1-4-8(10(14)15-6-3)12(5-2)7-9(11)13/h8H,4-7H2,1-3H3,(H2,11,13). The Morgan fingerprint density at radius 1 is 1.33 bits per heavy atom. The van der Waals surface area contributed by atoms with Crippen LogP contribution < -0.4 is 5.73 Å². The van der Waals surface area contributed by atoms with Gasteiger partial charge in [-0.2, -0.15) is 0 Å². The summed E-state index contributed by atoms with van der Waals surface area (Å²) in [6.45, 7) is 6.56. The van der Waals surface area contributed by atoms with Crippen molar-refractivity contribution in [2.45, 2.75) is 33.2 Å². The van der Waals surface area contributed by atoms with Gasteiger partial charge in [-0.25, -0.2) is 0 Å². The van der Waals surface area contributed by atoms with Gasteiger partial charge in [0.2, 0.25) is 5.91 Å². The Labute approximate surface area is 90.6 Å². The van der Waals surface area contributed by atoms with Crippen LogP contribution in [-0.4, -0.2) is 42.5 Å². The average Bonchev–Trinajstić information content (AvgIpc) is 2.17. The number of ether oxygens (including phenoxy) is 1. The molecule has 0 aromatic carbocycles. The van der Waals surface area contributed by atoms with Crippen LogP contribution in [0.4, 0.5) is 0 Å². The number of rotatable bonds is 7. The van der Waals surface area contributed by atoms with Gasteiger partial charge in [-0.15, -0.1) is 0 Å². The highest BCUT2D eigenvalue weighted by atomic mass is 16.5. The molecule has 0 aromatic rings. The highest BCUT2D eigenvalue weighted by Gasteiger charge is 2.25. The Hall–Kier alpha value is -1.10. The summed E-state index contributed by atoms with van der Waals surface area (Å²) < 4.78 is 4.93. The van der Waals surface area contributed by atoms with Crippen molar-refractivity contribution in [1.82, 2.24) is 4.90 Å². The smallest absolute Gasteiger partial charge is 0.323 e. The second kappa shape index (κ2) is 7.23. The molecular formula is C10H20N2O3. The molecule has 0 rings (SSSR count). The van der Waals surface area contributed by atoms with E-state index < -0.39 is 5.91 Å². The molecule has 1 amide bonds. The zero-order valence-corrected chi connectivity index (χ0v) is 9.66. The normalized spacial score (nSPS) is 12.5. The number of esters is 1.